The largest absolute Gasteiger partial charge is 0.384 e. The van der Waals surface area contributed by atoms with E-state index in [-0.39, 0.29) is 5.91 Å². The van der Waals surface area contributed by atoms with Gasteiger partial charge in [-0.1, -0.05) is 55.5 Å². The second-order valence-electron chi connectivity index (χ2n) is 5.73. The molecule has 1 unspecified atom stereocenters. The van der Waals surface area contributed by atoms with Gasteiger partial charge in [0, 0.05) is 13.0 Å². The highest BCUT2D eigenvalue weighted by Gasteiger charge is 2.05. The molecular weight excluding hydrogens is 274 g/mol. The first-order chi connectivity index (χ1) is 10.6. The number of rotatable bonds is 7. The highest BCUT2D eigenvalue weighted by Crippen LogP contribution is 2.18. The molecule has 3 nitrogen and oxygen atoms in total. The summed E-state index contributed by atoms with van der Waals surface area (Å²) in [6.07, 6.45) is 1.18. The van der Waals surface area contributed by atoms with E-state index in [0.717, 1.165) is 18.6 Å². The molecule has 0 aromatic heterocycles. The van der Waals surface area contributed by atoms with Gasteiger partial charge in [0.25, 0.3) is 0 Å². The molecule has 0 radical (unpaired) electrons. The normalized spacial score (nSPS) is 12.1. The van der Waals surface area contributed by atoms with Crippen LogP contribution >= 0.6 is 0 Å². The molecule has 2 N–H and O–H groups in total. The molecular formula is C19H23NO2. The smallest absolute Gasteiger partial charge is 0.221 e. The Balaban J connectivity index is 2.00. The minimum atomic E-state index is -0.298. The number of hydrogen-bond donors (Lipinski definition) is 1. The molecule has 0 saturated heterocycles. The maximum atomic E-state index is 10.9. The fourth-order valence-electron chi connectivity index (χ4n) is 2.52. The van der Waals surface area contributed by atoms with Gasteiger partial charge in [-0.2, -0.15) is 0 Å². The fraction of sp³-hybridized carbons (Fsp3) is 0.316. The van der Waals surface area contributed by atoms with Crippen molar-refractivity contribution < 1.29 is 9.53 Å². The molecule has 3 heteroatoms. The topological polar surface area (TPSA) is 52.3 Å². The Morgan fingerprint density at radius 1 is 1.00 bits per heavy atom. The first kappa shape index (κ1) is 16.2. The highest BCUT2D eigenvalue weighted by molar-refractivity contribution is 5.76. The van der Waals surface area contributed by atoms with Crippen LogP contribution in [-0.4, -0.2) is 19.6 Å². The minimum absolute atomic E-state index is 0.298. The summed E-state index contributed by atoms with van der Waals surface area (Å²) in [6, 6.07) is 16.7. The summed E-state index contributed by atoms with van der Waals surface area (Å²) < 4.78 is 5.19. The first-order valence-corrected chi connectivity index (χ1v) is 7.52. The molecule has 1 amide bonds. The summed E-state index contributed by atoms with van der Waals surface area (Å²) in [4.78, 5) is 10.9. The number of primary amides is 1. The third-order valence-electron chi connectivity index (χ3n) is 3.77. The minimum Gasteiger partial charge on any atom is -0.384 e. The van der Waals surface area contributed by atoms with E-state index in [9.17, 15) is 4.79 Å². The van der Waals surface area contributed by atoms with Crippen LogP contribution in [0, 0.1) is 0 Å². The lowest BCUT2D eigenvalue weighted by Crippen LogP contribution is -2.13. The van der Waals surface area contributed by atoms with Crippen molar-refractivity contribution in [3.63, 3.8) is 0 Å². The van der Waals surface area contributed by atoms with Crippen molar-refractivity contribution in [1.29, 1.82) is 0 Å². The van der Waals surface area contributed by atoms with E-state index in [0.29, 0.717) is 12.3 Å². The summed E-state index contributed by atoms with van der Waals surface area (Å²) in [5.74, 6) is 0.112. The van der Waals surface area contributed by atoms with Crippen LogP contribution in [0.1, 0.15) is 35.1 Å². The molecule has 0 aliphatic rings. The molecule has 116 valence electrons. The van der Waals surface area contributed by atoms with Crippen LogP contribution < -0.4 is 5.73 Å². The molecule has 22 heavy (non-hydrogen) atoms. The standard InChI is InChI=1S/C19H23NO2/c1-14(13-22-2)18-9-7-16(8-10-18)11-15-3-5-17(6-4-15)12-19(20)21/h3-10,14H,11-13H2,1-2H3,(H2,20,21). The summed E-state index contributed by atoms with van der Waals surface area (Å²) in [5, 5.41) is 0. The Morgan fingerprint density at radius 2 is 1.50 bits per heavy atom. The van der Waals surface area contributed by atoms with Crippen LogP contribution in [0.3, 0.4) is 0 Å². The number of nitrogens with two attached hydrogens (primary N) is 1. The van der Waals surface area contributed by atoms with Crippen LogP contribution in [0.2, 0.25) is 0 Å². The number of ether oxygens (including phenoxy) is 1. The number of benzene rings is 2. The van der Waals surface area contributed by atoms with Crippen molar-refractivity contribution in [3.8, 4) is 0 Å². The third kappa shape index (κ3) is 4.71. The quantitative estimate of drug-likeness (QED) is 0.854. The van der Waals surface area contributed by atoms with E-state index >= 15 is 0 Å². The molecule has 0 aliphatic carbocycles. The maximum absolute atomic E-state index is 10.9. The lowest BCUT2D eigenvalue weighted by Gasteiger charge is -2.11. The fourth-order valence-corrected chi connectivity index (χ4v) is 2.52. The molecule has 2 aromatic rings. The summed E-state index contributed by atoms with van der Waals surface area (Å²) in [6.45, 7) is 2.90. The maximum Gasteiger partial charge on any atom is 0.221 e. The Bertz CT molecular complexity index is 602. The number of hydrogen-bond acceptors (Lipinski definition) is 2. The van der Waals surface area contributed by atoms with Crippen LogP contribution in [0.25, 0.3) is 0 Å². The van der Waals surface area contributed by atoms with Gasteiger partial charge in [-0.3, -0.25) is 4.79 Å². The number of amides is 1. The van der Waals surface area contributed by atoms with Gasteiger partial charge in [0.15, 0.2) is 0 Å². The zero-order chi connectivity index (χ0) is 15.9. The Morgan fingerprint density at radius 3 is 2.00 bits per heavy atom. The summed E-state index contributed by atoms with van der Waals surface area (Å²) in [5.41, 5.74) is 9.95. The molecule has 2 rings (SSSR count). The lowest BCUT2D eigenvalue weighted by atomic mass is 9.97. The third-order valence-corrected chi connectivity index (χ3v) is 3.77. The molecule has 0 spiro atoms. The van der Waals surface area contributed by atoms with E-state index in [1.54, 1.807) is 7.11 Å². The van der Waals surface area contributed by atoms with E-state index in [1.165, 1.54) is 16.7 Å². The number of carbonyl (C=O) groups excluding carboxylic acids is 1. The molecule has 0 aliphatic heterocycles. The average Bonchev–Trinajstić information content (AvgIpc) is 2.50. The van der Waals surface area contributed by atoms with Crippen molar-refractivity contribution in [1.82, 2.24) is 0 Å². The molecule has 0 fully saturated rings. The zero-order valence-corrected chi connectivity index (χ0v) is 13.2. The SMILES string of the molecule is COCC(C)c1ccc(Cc2ccc(CC(N)=O)cc2)cc1. The Kier molecular flexibility index (Phi) is 5.73. The van der Waals surface area contributed by atoms with Crippen molar-refractivity contribution in [2.24, 2.45) is 5.73 Å². The molecule has 1 atom stereocenters. The van der Waals surface area contributed by atoms with Crippen molar-refractivity contribution >= 4 is 5.91 Å². The van der Waals surface area contributed by atoms with E-state index in [4.69, 9.17) is 10.5 Å². The van der Waals surface area contributed by atoms with Crippen LogP contribution in [-0.2, 0) is 22.4 Å². The van der Waals surface area contributed by atoms with Gasteiger partial charge in [-0.05, 0) is 28.7 Å². The lowest BCUT2D eigenvalue weighted by molar-refractivity contribution is -0.117. The molecule has 0 bridgehead atoms. The van der Waals surface area contributed by atoms with E-state index in [1.807, 2.05) is 12.1 Å². The van der Waals surface area contributed by atoms with Crippen LogP contribution in [0.5, 0.6) is 0 Å². The average molecular weight is 297 g/mol. The molecule has 0 saturated carbocycles. The van der Waals surface area contributed by atoms with Gasteiger partial charge < -0.3 is 10.5 Å². The Labute approximate surface area is 132 Å². The van der Waals surface area contributed by atoms with E-state index < -0.39 is 0 Å². The number of carbonyl (C=O) groups is 1. The van der Waals surface area contributed by atoms with Crippen molar-refractivity contribution in [2.75, 3.05) is 13.7 Å². The van der Waals surface area contributed by atoms with E-state index in [2.05, 4.69) is 43.3 Å². The van der Waals surface area contributed by atoms with Crippen LogP contribution in [0.15, 0.2) is 48.5 Å². The monoisotopic (exact) mass is 297 g/mol. The highest BCUT2D eigenvalue weighted by atomic mass is 16.5. The van der Waals surface area contributed by atoms with Gasteiger partial charge in [0.05, 0.1) is 13.0 Å². The van der Waals surface area contributed by atoms with Crippen molar-refractivity contribution in [3.05, 3.63) is 70.8 Å². The first-order valence-electron chi connectivity index (χ1n) is 7.52. The molecule has 0 heterocycles. The Hall–Kier alpha value is -2.13. The number of methoxy groups -OCH3 is 1. The van der Waals surface area contributed by atoms with Crippen LogP contribution in [0.4, 0.5) is 0 Å². The predicted octanol–water partition coefficient (Wildman–Crippen LogP) is 3.06. The predicted molar refractivity (Wildman–Crippen MR) is 88.9 cm³/mol. The van der Waals surface area contributed by atoms with Gasteiger partial charge >= 0.3 is 0 Å². The molecule has 2 aromatic carbocycles. The van der Waals surface area contributed by atoms with Gasteiger partial charge in [0.1, 0.15) is 0 Å². The van der Waals surface area contributed by atoms with Gasteiger partial charge in [-0.25, -0.2) is 0 Å². The second kappa shape index (κ2) is 7.76. The summed E-state index contributed by atoms with van der Waals surface area (Å²) in [7, 11) is 1.73. The van der Waals surface area contributed by atoms with Gasteiger partial charge in [0.2, 0.25) is 5.91 Å². The van der Waals surface area contributed by atoms with Gasteiger partial charge in [-0.15, -0.1) is 0 Å². The second-order valence-corrected chi connectivity index (χ2v) is 5.73. The van der Waals surface area contributed by atoms with Crippen molar-refractivity contribution in [2.45, 2.75) is 25.7 Å². The summed E-state index contributed by atoms with van der Waals surface area (Å²) >= 11 is 0. The zero-order valence-electron chi connectivity index (χ0n) is 13.2.